The summed E-state index contributed by atoms with van der Waals surface area (Å²) in [5.74, 6) is 0.00844. The summed E-state index contributed by atoms with van der Waals surface area (Å²) in [6, 6.07) is 16.7. The van der Waals surface area contributed by atoms with E-state index in [4.69, 9.17) is 16.7 Å². The molecule has 150 valence electrons. The number of para-hydroxylation sites is 2. The topological polar surface area (TPSA) is 69.0 Å². The van der Waals surface area contributed by atoms with Crippen LogP contribution in [-0.2, 0) is 4.79 Å². The molecule has 3 aromatic rings. The van der Waals surface area contributed by atoms with Gasteiger partial charge < -0.3 is 5.11 Å². The number of phenols is 1. The van der Waals surface area contributed by atoms with Gasteiger partial charge in [0, 0.05) is 23.6 Å². The van der Waals surface area contributed by atoms with E-state index in [2.05, 4.69) is 4.98 Å². The van der Waals surface area contributed by atoms with E-state index in [0.717, 1.165) is 11.4 Å². The van der Waals surface area contributed by atoms with Gasteiger partial charge in [0.25, 0.3) is 5.91 Å². The molecule has 0 aliphatic carbocycles. The van der Waals surface area contributed by atoms with Crippen molar-refractivity contribution in [1.82, 2.24) is 4.98 Å². The Labute approximate surface area is 182 Å². The molecule has 2 aromatic carbocycles. The van der Waals surface area contributed by atoms with Crippen LogP contribution in [0.1, 0.15) is 12.0 Å². The molecule has 3 heterocycles. The zero-order valence-electron chi connectivity index (χ0n) is 15.7. The van der Waals surface area contributed by atoms with Crippen LogP contribution in [0.25, 0.3) is 6.08 Å². The largest absolute Gasteiger partial charge is 0.507 e. The van der Waals surface area contributed by atoms with Crippen LogP contribution >= 0.6 is 22.9 Å². The van der Waals surface area contributed by atoms with E-state index in [-0.39, 0.29) is 11.7 Å². The summed E-state index contributed by atoms with van der Waals surface area (Å²) in [7, 11) is 0. The summed E-state index contributed by atoms with van der Waals surface area (Å²) >= 11 is 8.02. The van der Waals surface area contributed by atoms with Crippen LogP contribution in [-0.4, -0.2) is 32.7 Å². The second kappa shape index (κ2) is 7.27. The molecular weight excluding hydrogens is 420 g/mol. The Morgan fingerprint density at radius 3 is 2.63 bits per heavy atom. The summed E-state index contributed by atoms with van der Waals surface area (Å²) in [4.78, 5) is 18.7. The number of benzene rings is 2. The van der Waals surface area contributed by atoms with Crippen molar-refractivity contribution in [2.45, 2.75) is 17.5 Å². The Morgan fingerprint density at radius 2 is 1.90 bits per heavy atom. The lowest BCUT2D eigenvalue weighted by Crippen LogP contribution is -2.78. The van der Waals surface area contributed by atoms with E-state index < -0.39 is 11.0 Å². The van der Waals surface area contributed by atoms with Crippen molar-refractivity contribution in [2.24, 2.45) is 5.10 Å². The van der Waals surface area contributed by atoms with E-state index in [1.165, 1.54) is 11.3 Å². The zero-order chi connectivity index (χ0) is 20.7. The van der Waals surface area contributed by atoms with Gasteiger partial charge in [-0.1, -0.05) is 36.4 Å². The molecule has 1 aromatic heterocycles. The van der Waals surface area contributed by atoms with Crippen molar-refractivity contribution in [3.05, 3.63) is 77.8 Å². The highest BCUT2D eigenvalue weighted by Crippen LogP contribution is 2.50. The predicted molar refractivity (Wildman–Crippen MR) is 120 cm³/mol. The van der Waals surface area contributed by atoms with Gasteiger partial charge >= 0.3 is 0 Å². The molecule has 1 spiro atoms. The van der Waals surface area contributed by atoms with E-state index >= 15 is 0 Å². The van der Waals surface area contributed by atoms with Gasteiger partial charge in [0.1, 0.15) is 5.75 Å². The molecule has 1 amide bonds. The van der Waals surface area contributed by atoms with Crippen LogP contribution in [0.4, 0.5) is 10.8 Å². The molecule has 2 aliphatic heterocycles. The Hall–Kier alpha value is -3.16. The fourth-order valence-electron chi connectivity index (χ4n) is 3.86. The summed E-state index contributed by atoms with van der Waals surface area (Å²) in [6.07, 6.45) is 5.77. The quantitative estimate of drug-likeness (QED) is 0.483. The monoisotopic (exact) mass is 436 g/mol. The number of phenolic OH excluding ortho intramolecular Hbond substituents is 1. The second-order valence-electron chi connectivity index (χ2n) is 7.04. The number of thiazole rings is 1. The SMILES string of the molecule is O=C1C(Cl)C2(CC(/C=C/c3ccccc3O)=NN2c2ccccc2)N1c1nccs1. The molecule has 2 unspecified atom stereocenters. The number of nitrogens with zero attached hydrogens (tertiary/aromatic N) is 4. The fraction of sp³-hybridized carbons (Fsp3) is 0.136. The first-order valence-corrected chi connectivity index (χ1v) is 10.7. The summed E-state index contributed by atoms with van der Waals surface area (Å²) in [5, 5.41) is 18.3. The number of allylic oxidation sites excluding steroid dienone is 1. The molecular formula is C22H17ClN4O2S. The summed E-state index contributed by atoms with van der Waals surface area (Å²) in [5.41, 5.74) is 1.41. The Morgan fingerprint density at radius 1 is 1.13 bits per heavy atom. The van der Waals surface area contributed by atoms with Gasteiger partial charge in [0.15, 0.2) is 16.2 Å². The molecule has 2 aliphatic rings. The third-order valence-corrected chi connectivity index (χ3v) is 6.56. The van der Waals surface area contributed by atoms with Crippen molar-refractivity contribution in [3.8, 4) is 5.75 Å². The van der Waals surface area contributed by atoms with E-state index in [9.17, 15) is 9.90 Å². The molecule has 8 heteroatoms. The zero-order valence-corrected chi connectivity index (χ0v) is 17.3. The normalized spacial score (nSPS) is 23.3. The van der Waals surface area contributed by atoms with Crippen molar-refractivity contribution < 1.29 is 9.90 Å². The molecule has 5 rings (SSSR count). The molecule has 6 nitrogen and oxygen atoms in total. The molecule has 2 atom stereocenters. The average Bonchev–Trinajstić information content (AvgIpc) is 3.43. The van der Waals surface area contributed by atoms with Crippen LogP contribution in [0.2, 0.25) is 0 Å². The van der Waals surface area contributed by atoms with Crippen molar-refractivity contribution in [1.29, 1.82) is 0 Å². The minimum Gasteiger partial charge on any atom is -0.507 e. The lowest BCUT2D eigenvalue weighted by atomic mass is 9.87. The number of rotatable bonds is 4. The molecule has 30 heavy (non-hydrogen) atoms. The van der Waals surface area contributed by atoms with E-state index in [0.29, 0.717) is 17.1 Å². The van der Waals surface area contributed by atoms with Gasteiger partial charge in [-0.25, -0.2) is 9.99 Å². The lowest BCUT2D eigenvalue weighted by Gasteiger charge is -2.55. The maximum Gasteiger partial charge on any atom is 0.253 e. The predicted octanol–water partition coefficient (Wildman–Crippen LogP) is 4.48. The Balaban J connectivity index is 1.56. The number of alkyl halides is 1. The highest BCUT2D eigenvalue weighted by Gasteiger charge is 2.67. The molecule has 1 saturated heterocycles. The molecule has 1 fully saturated rings. The number of carbonyl (C=O) groups excluding carboxylic acids is 1. The first-order chi connectivity index (χ1) is 14.6. The number of amides is 1. The maximum atomic E-state index is 12.8. The van der Waals surface area contributed by atoms with E-state index in [1.54, 1.807) is 23.2 Å². The number of hydrogen-bond donors (Lipinski definition) is 1. The number of anilines is 2. The standard InChI is InChI=1S/C22H17ClN4O2S/c23-19-20(29)26(21-24-12-13-30-21)22(19)14-16(11-10-15-6-4-5-9-18(15)28)25-27(22)17-7-2-1-3-8-17/h1-13,19,28H,14H2/b11-10+. The third kappa shape index (κ3) is 2.81. The first kappa shape index (κ1) is 18.8. The number of hydrogen-bond acceptors (Lipinski definition) is 6. The summed E-state index contributed by atoms with van der Waals surface area (Å²) in [6.45, 7) is 0. The third-order valence-electron chi connectivity index (χ3n) is 5.27. The molecule has 0 radical (unpaired) electrons. The van der Waals surface area contributed by atoms with Crippen LogP contribution < -0.4 is 9.91 Å². The highest BCUT2D eigenvalue weighted by atomic mass is 35.5. The minimum atomic E-state index is -0.865. The number of aromatic nitrogens is 1. The molecule has 1 N–H and O–H groups in total. The Kier molecular flexibility index (Phi) is 4.56. The van der Waals surface area contributed by atoms with Crippen molar-refractivity contribution >= 4 is 51.5 Å². The van der Waals surface area contributed by atoms with Gasteiger partial charge in [-0.05, 0) is 30.4 Å². The van der Waals surface area contributed by atoms with Gasteiger partial charge in [-0.3, -0.25) is 9.69 Å². The van der Waals surface area contributed by atoms with Gasteiger partial charge in [-0.15, -0.1) is 22.9 Å². The van der Waals surface area contributed by atoms with Crippen molar-refractivity contribution in [3.63, 3.8) is 0 Å². The summed E-state index contributed by atoms with van der Waals surface area (Å²) < 4.78 is 0. The van der Waals surface area contributed by atoms with Crippen LogP contribution in [0, 0.1) is 0 Å². The lowest BCUT2D eigenvalue weighted by molar-refractivity contribution is -0.126. The maximum absolute atomic E-state index is 12.8. The van der Waals surface area contributed by atoms with Crippen molar-refractivity contribution in [2.75, 3.05) is 9.91 Å². The molecule has 0 saturated carbocycles. The number of carbonyl (C=O) groups is 1. The van der Waals surface area contributed by atoms with Gasteiger partial charge in [0.2, 0.25) is 0 Å². The van der Waals surface area contributed by atoms with Gasteiger partial charge in [0.05, 0.1) is 11.4 Å². The minimum absolute atomic E-state index is 0.186. The first-order valence-electron chi connectivity index (χ1n) is 9.38. The average molecular weight is 437 g/mol. The number of hydrazone groups is 1. The number of halogens is 1. The number of β-lactam (4-membered cyclic amide) rings is 1. The van der Waals surface area contributed by atoms with Crippen LogP contribution in [0.15, 0.2) is 77.4 Å². The smallest absolute Gasteiger partial charge is 0.253 e. The Bertz CT molecular complexity index is 1150. The second-order valence-corrected chi connectivity index (χ2v) is 8.35. The van der Waals surface area contributed by atoms with Gasteiger partial charge in [-0.2, -0.15) is 5.10 Å². The van der Waals surface area contributed by atoms with E-state index in [1.807, 2.05) is 65.0 Å². The highest BCUT2D eigenvalue weighted by molar-refractivity contribution is 7.14. The van der Waals surface area contributed by atoms with Crippen LogP contribution in [0.5, 0.6) is 5.75 Å². The van der Waals surface area contributed by atoms with Crippen LogP contribution in [0.3, 0.4) is 0 Å². The molecule has 0 bridgehead atoms. The fourth-order valence-corrected chi connectivity index (χ4v) is 4.94. The number of aromatic hydroxyl groups is 1.